The number of ether oxygens (including phenoxy) is 2. The third-order valence-corrected chi connectivity index (χ3v) is 15.2. The number of pyridine rings is 2. The SMILES string of the molecule is CCC(C=O)c1cc2n(c(=O)c1COC)Cc1c-2nc2cc(F)c(C)c3c2c1C(NC(=O)C1(OCNC(=O)CNC(=O)C([CH2][Pb])NC(=O)CNC=O)CCC1)CC3.CCNC(=O)C(CNCC(=O)O)N1C(=O)C=CC1=O. The van der Waals surface area contributed by atoms with Gasteiger partial charge in [-0.1, -0.05) is 6.92 Å². The van der Waals surface area contributed by atoms with E-state index in [2.05, 4.69) is 37.2 Å². The zero-order chi connectivity index (χ0) is 55.4. The molecule has 2 aromatic heterocycles. The van der Waals surface area contributed by atoms with Gasteiger partial charge in [0.25, 0.3) is 17.4 Å². The molecule has 4 aliphatic rings. The maximum absolute atomic E-state index is 15.4. The smallest absolute Gasteiger partial charge is 0.317 e. The fourth-order valence-corrected chi connectivity index (χ4v) is 10.7. The van der Waals surface area contributed by atoms with Gasteiger partial charge in [0, 0.05) is 60.8 Å². The standard InChI is InChI=1S/C39H45FN7O9.C11H15N3O5.Pb/c1-5-22(16-48)24-11-30-35-25(15-47(30)37(53)26(24)17-55-4)34-28(8-7-23-20(2)27(40)12-29(45-35)33(23)34)46-38(54)39(9-6-10-39)56-19-43-31(50)14-42-36(52)21(3)44-32(51)13-41-18-49;1-2-13-11(19)7(5-12-6-10(17)18)14-8(15)3-4-9(14)16;/h11-12,16,18,21-22,28H,3,5-10,13-15,17,19H2,1-2,4H3,(H,41,49)(H,42,52)(H,43,50)(H,44,51)(H,46,54);3-4,7,12H,2,5-6H2,1H3,(H,13,19)(H,17,18);. The number of fused-ring (bicyclic) bond motifs is 4. The number of nitrogens with zero attached hydrogens (tertiary/aromatic N) is 3. The molecule has 8 amide bonds. The summed E-state index contributed by atoms with van der Waals surface area (Å²) < 4.78 is 28.8. The van der Waals surface area contributed by atoms with E-state index in [4.69, 9.17) is 19.6 Å². The van der Waals surface area contributed by atoms with Crippen LogP contribution in [0.3, 0.4) is 0 Å². The number of likely N-dealkylation sites (N-methyl/N-ethyl adjacent to an activating group) is 1. The summed E-state index contributed by atoms with van der Waals surface area (Å²) in [4.78, 5) is 139. The summed E-state index contributed by atoms with van der Waals surface area (Å²) in [6.07, 6.45) is 6.28. The molecule has 76 heavy (non-hydrogen) atoms. The van der Waals surface area contributed by atoms with Crippen molar-refractivity contribution in [2.24, 2.45) is 0 Å². The number of methoxy groups -OCH3 is 1. The number of carbonyl (C=O) groups is 10. The van der Waals surface area contributed by atoms with E-state index < -0.39 is 76.9 Å². The number of benzene rings is 1. The first kappa shape index (κ1) is 58.4. The molecule has 1 aromatic carbocycles. The summed E-state index contributed by atoms with van der Waals surface area (Å²) in [7, 11) is 1.49. The van der Waals surface area contributed by atoms with Crippen molar-refractivity contribution in [2.45, 2.75) is 106 Å². The van der Waals surface area contributed by atoms with E-state index in [1.54, 1.807) is 18.4 Å². The number of aldehydes is 1. The van der Waals surface area contributed by atoms with E-state index in [1.807, 2.05) is 13.0 Å². The number of hydrogen-bond acceptors (Lipinski definition) is 15. The molecule has 3 radical (unpaired) electrons. The van der Waals surface area contributed by atoms with Gasteiger partial charge in [-0.2, -0.15) is 0 Å². The van der Waals surface area contributed by atoms with Gasteiger partial charge >= 0.3 is 172 Å². The van der Waals surface area contributed by atoms with Crippen molar-refractivity contribution in [3.63, 3.8) is 0 Å². The first-order valence-electron chi connectivity index (χ1n) is 24.6. The molecule has 24 nitrogen and oxygen atoms in total. The van der Waals surface area contributed by atoms with Crippen molar-refractivity contribution >= 4 is 96.7 Å². The van der Waals surface area contributed by atoms with E-state index in [0.29, 0.717) is 108 Å². The maximum atomic E-state index is 15.4. The van der Waals surface area contributed by atoms with Crippen molar-refractivity contribution in [2.75, 3.05) is 46.6 Å². The number of aliphatic carboxylic acids is 1. The molecule has 2 aliphatic heterocycles. The number of halogens is 1. The van der Waals surface area contributed by atoms with Crippen LogP contribution in [0.4, 0.5) is 4.39 Å². The minimum Gasteiger partial charge on any atom is -0.480 e. The van der Waals surface area contributed by atoms with Crippen molar-refractivity contribution in [1.82, 2.24) is 51.7 Å². The number of imide groups is 1. The van der Waals surface area contributed by atoms with E-state index >= 15 is 4.39 Å². The first-order chi connectivity index (χ1) is 36.4. The largest absolute Gasteiger partial charge is 0.480 e. The summed E-state index contributed by atoms with van der Waals surface area (Å²) in [5.74, 6) is -5.72. The van der Waals surface area contributed by atoms with Crippen molar-refractivity contribution in [1.29, 1.82) is 0 Å². The number of carboxylic acid groups (broad SMARTS) is 1. The zero-order valence-electron chi connectivity index (χ0n) is 42.4. The van der Waals surface area contributed by atoms with Crippen LogP contribution in [0, 0.1) is 12.7 Å². The van der Waals surface area contributed by atoms with E-state index in [1.165, 1.54) is 13.2 Å². The number of nitrogens with one attached hydrogen (secondary N) is 7. The molecule has 1 fully saturated rings. The van der Waals surface area contributed by atoms with E-state index in [9.17, 15) is 52.7 Å². The van der Waals surface area contributed by atoms with Crippen LogP contribution in [0.1, 0.15) is 91.3 Å². The van der Waals surface area contributed by atoms with Gasteiger partial charge in [0.05, 0.1) is 42.6 Å². The van der Waals surface area contributed by atoms with Crippen LogP contribution in [0.5, 0.6) is 0 Å². The van der Waals surface area contributed by atoms with Crippen molar-refractivity contribution < 1.29 is 66.9 Å². The Bertz CT molecular complexity index is 2890. The summed E-state index contributed by atoms with van der Waals surface area (Å²) in [6, 6.07) is 0.752. The van der Waals surface area contributed by atoms with E-state index in [-0.39, 0.29) is 57.5 Å². The van der Waals surface area contributed by atoms with Crippen LogP contribution in [-0.2, 0) is 77.0 Å². The molecular weight excluding hydrogens is 1190 g/mol. The minimum atomic E-state index is -1.23. The summed E-state index contributed by atoms with van der Waals surface area (Å²) in [6.45, 7) is 4.37. The molecule has 1 saturated carbocycles. The Morgan fingerprint density at radius 3 is 2.30 bits per heavy atom. The Balaban J connectivity index is 0.000000416. The topological polar surface area (TPSA) is 332 Å². The van der Waals surface area contributed by atoms with Crippen LogP contribution in [0.25, 0.3) is 22.3 Å². The Morgan fingerprint density at radius 1 is 0.974 bits per heavy atom. The molecular formula is C50H60FN10O14Pb. The Hall–Kier alpha value is -6.85. The Morgan fingerprint density at radius 2 is 1.70 bits per heavy atom. The average Bonchev–Trinajstić information content (AvgIpc) is 3.93. The first-order valence-corrected chi connectivity index (χ1v) is 27.3. The molecule has 4 heterocycles. The summed E-state index contributed by atoms with van der Waals surface area (Å²) in [5, 5.41) is 27.3. The summed E-state index contributed by atoms with van der Waals surface area (Å²) in [5.41, 5.74) is 3.62. The second kappa shape index (κ2) is 26.3. The molecule has 3 aromatic rings. The maximum Gasteiger partial charge on any atom is 0.317 e. The minimum absolute atomic E-state index is 0.0182. The fraction of sp³-hybridized carbons (Fsp3) is 0.480. The van der Waals surface area contributed by atoms with Gasteiger partial charge in [-0.3, -0.25) is 28.9 Å². The van der Waals surface area contributed by atoms with Crippen LogP contribution < -0.4 is 42.8 Å². The molecule has 4 atom stereocenters. The number of aryl methyl sites for hydroxylation is 1. The Kier molecular flexibility index (Phi) is 20.2. The zero-order valence-corrected chi connectivity index (χ0v) is 46.2. The molecule has 0 saturated heterocycles. The molecule has 4 unspecified atom stereocenters. The number of carbonyl (C=O) groups excluding carboxylic acids is 9. The van der Waals surface area contributed by atoms with Crippen LogP contribution in [-0.4, -0.2) is 170 Å². The molecule has 8 N–H and O–H groups in total. The normalized spacial score (nSPS) is 16.7. The van der Waals surface area contributed by atoms with Crippen molar-refractivity contribution in [3.8, 4) is 11.4 Å². The number of carboxylic acids is 1. The van der Waals surface area contributed by atoms with Gasteiger partial charge in [-0.25, -0.2) is 9.37 Å². The predicted molar refractivity (Wildman–Crippen MR) is 268 cm³/mol. The third-order valence-electron chi connectivity index (χ3n) is 13.6. The summed E-state index contributed by atoms with van der Waals surface area (Å²) >= 11 is 0.596. The monoisotopic (exact) mass is 1250 g/mol. The third kappa shape index (κ3) is 12.9. The molecule has 7 rings (SSSR count). The van der Waals surface area contributed by atoms with Crippen LogP contribution in [0.15, 0.2) is 29.1 Å². The number of hydrogen-bond donors (Lipinski definition) is 8. The number of amides is 8. The molecule has 405 valence electrons. The van der Waals surface area contributed by atoms with Gasteiger partial charge in [0.1, 0.15) is 18.1 Å². The van der Waals surface area contributed by atoms with Crippen LogP contribution in [0.2, 0.25) is 3.98 Å². The number of rotatable bonds is 25. The Labute approximate surface area is 451 Å². The fourth-order valence-electron chi connectivity index (χ4n) is 9.57. The molecule has 0 spiro atoms. The van der Waals surface area contributed by atoms with Gasteiger partial charge in [-0.05, 0) is 61.4 Å². The van der Waals surface area contributed by atoms with Gasteiger partial charge in [-0.15, -0.1) is 0 Å². The van der Waals surface area contributed by atoms with E-state index in [0.717, 1.165) is 51.8 Å². The number of aromatic nitrogens is 2. The molecule has 0 bridgehead atoms. The molecule has 26 heteroatoms. The van der Waals surface area contributed by atoms with Crippen molar-refractivity contribution in [3.05, 3.63) is 73.8 Å². The van der Waals surface area contributed by atoms with Crippen LogP contribution >= 0.6 is 0 Å². The molecule has 2 aliphatic carbocycles. The predicted octanol–water partition coefficient (Wildman–Crippen LogP) is -1.15. The second-order valence-electron chi connectivity index (χ2n) is 18.3. The van der Waals surface area contributed by atoms with Gasteiger partial charge in [0.2, 0.25) is 5.91 Å². The van der Waals surface area contributed by atoms with Gasteiger partial charge in [0.15, 0.2) is 0 Å². The second-order valence-corrected chi connectivity index (χ2v) is 19.9. The quantitative estimate of drug-likeness (QED) is 0.0168. The average molecular weight is 1250 g/mol. The van der Waals surface area contributed by atoms with Gasteiger partial charge < -0.3 is 29.8 Å².